The zero-order valence-electron chi connectivity index (χ0n) is 22.8. The largest absolute Gasteiger partial charge is 0.354 e. The number of carbonyl (C=O) groups is 2. The molecule has 1 unspecified atom stereocenters. The van der Waals surface area contributed by atoms with Crippen molar-refractivity contribution in [3.05, 3.63) is 92.4 Å². The number of sulfonamides is 1. The van der Waals surface area contributed by atoms with Gasteiger partial charge in [0.05, 0.1) is 20.6 Å². The van der Waals surface area contributed by atoms with Gasteiger partial charge in [0.25, 0.3) is 10.0 Å². The number of carbonyl (C=O) groups excluding carboxylic acids is 2. The third kappa shape index (κ3) is 8.52. The number of benzene rings is 3. The number of rotatable bonds is 12. The molecule has 0 aliphatic heterocycles. The van der Waals surface area contributed by atoms with E-state index in [1.165, 1.54) is 35.2 Å². The number of halogens is 4. The molecule has 220 valence electrons. The molecule has 0 fully saturated rings. The van der Waals surface area contributed by atoms with E-state index in [2.05, 4.69) is 5.32 Å². The predicted octanol–water partition coefficient (Wildman–Crippen LogP) is 7.08. The zero-order chi connectivity index (χ0) is 30.3. The maximum absolute atomic E-state index is 14.1. The van der Waals surface area contributed by atoms with Gasteiger partial charge in [-0.15, -0.1) is 0 Å². The molecule has 3 aromatic carbocycles. The smallest absolute Gasteiger partial charge is 0.264 e. The third-order valence-electron chi connectivity index (χ3n) is 6.23. The van der Waals surface area contributed by atoms with E-state index in [0.717, 1.165) is 4.31 Å². The average Bonchev–Trinajstić information content (AvgIpc) is 2.93. The van der Waals surface area contributed by atoms with Crippen LogP contribution in [0.15, 0.2) is 71.6 Å². The van der Waals surface area contributed by atoms with Gasteiger partial charge in [-0.2, -0.15) is 0 Å². The van der Waals surface area contributed by atoms with Gasteiger partial charge >= 0.3 is 0 Å². The van der Waals surface area contributed by atoms with Gasteiger partial charge in [0.15, 0.2) is 0 Å². The minimum absolute atomic E-state index is 0.0205. The van der Waals surface area contributed by atoms with Crippen molar-refractivity contribution in [2.45, 2.75) is 44.7 Å². The van der Waals surface area contributed by atoms with Crippen LogP contribution in [0.2, 0.25) is 20.1 Å². The molecule has 0 heterocycles. The van der Waals surface area contributed by atoms with Crippen LogP contribution in [0.5, 0.6) is 0 Å². The Morgan fingerprint density at radius 1 is 0.878 bits per heavy atom. The first-order chi connectivity index (χ1) is 19.3. The number of amides is 2. The minimum Gasteiger partial charge on any atom is -0.354 e. The standard InChI is InChI=1S/C29H31Cl4N3O4S/c1-4-27(29(38)34-16-19(2)3)35(17-20-10-11-21(30)14-25(20)32)28(37)18-36(22-12-13-24(31)26(33)15-22)41(39,40)23-8-6-5-7-9-23/h5-15,19,27H,4,16-18H2,1-3H3,(H,34,38). The summed E-state index contributed by atoms with van der Waals surface area (Å²) in [7, 11) is -4.23. The zero-order valence-corrected chi connectivity index (χ0v) is 26.6. The van der Waals surface area contributed by atoms with Gasteiger partial charge in [-0.05, 0) is 60.4 Å². The van der Waals surface area contributed by atoms with Crippen LogP contribution >= 0.6 is 46.4 Å². The minimum atomic E-state index is -4.23. The van der Waals surface area contributed by atoms with Gasteiger partial charge in [-0.25, -0.2) is 8.42 Å². The molecule has 12 heteroatoms. The van der Waals surface area contributed by atoms with E-state index in [9.17, 15) is 18.0 Å². The van der Waals surface area contributed by atoms with Crippen molar-refractivity contribution >= 4 is 73.9 Å². The molecule has 0 radical (unpaired) electrons. The number of hydrogen-bond acceptors (Lipinski definition) is 4. The lowest BCUT2D eigenvalue weighted by Gasteiger charge is -2.33. The first-order valence-corrected chi connectivity index (χ1v) is 15.8. The van der Waals surface area contributed by atoms with Crippen molar-refractivity contribution < 1.29 is 18.0 Å². The van der Waals surface area contributed by atoms with E-state index >= 15 is 0 Å². The van der Waals surface area contributed by atoms with Crippen molar-refractivity contribution in [2.24, 2.45) is 5.92 Å². The maximum Gasteiger partial charge on any atom is 0.264 e. The Morgan fingerprint density at radius 2 is 1.56 bits per heavy atom. The highest BCUT2D eigenvalue weighted by atomic mass is 35.5. The second kappa shape index (κ2) is 14.6. The molecule has 2 amide bonds. The molecule has 7 nitrogen and oxygen atoms in total. The summed E-state index contributed by atoms with van der Waals surface area (Å²) in [6, 6.07) is 16.0. The molecule has 0 saturated heterocycles. The Kier molecular flexibility index (Phi) is 11.8. The number of hydrogen-bond donors (Lipinski definition) is 1. The summed E-state index contributed by atoms with van der Waals surface area (Å²) < 4.78 is 28.7. The highest BCUT2D eigenvalue weighted by Crippen LogP contribution is 2.31. The average molecular weight is 659 g/mol. The maximum atomic E-state index is 14.1. The van der Waals surface area contributed by atoms with Crippen LogP contribution < -0.4 is 9.62 Å². The highest BCUT2D eigenvalue weighted by molar-refractivity contribution is 7.92. The van der Waals surface area contributed by atoms with E-state index in [4.69, 9.17) is 46.4 Å². The van der Waals surface area contributed by atoms with Crippen LogP contribution in [0.4, 0.5) is 5.69 Å². The Labute approximate surface area is 261 Å². The molecule has 3 aromatic rings. The van der Waals surface area contributed by atoms with Crippen LogP contribution in [0, 0.1) is 5.92 Å². The third-order valence-corrected chi connectivity index (χ3v) is 9.34. The molecule has 0 aliphatic carbocycles. The summed E-state index contributed by atoms with van der Waals surface area (Å²) in [5.41, 5.74) is 0.685. The number of nitrogens with zero attached hydrogens (tertiary/aromatic N) is 2. The van der Waals surface area contributed by atoms with E-state index in [0.29, 0.717) is 22.2 Å². The van der Waals surface area contributed by atoms with Crippen LogP contribution in [0.1, 0.15) is 32.8 Å². The topological polar surface area (TPSA) is 86.8 Å². The summed E-state index contributed by atoms with van der Waals surface area (Å²) in [4.78, 5) is 28.7. The van der Waals surface area contributed by atoms with E-state index < -0.39 is 28.5 Å². The molecule has 1 atom stereocenters. The fraction of sp³-hybridized carbons (Fsp3) is 0.310. The molecule has 0 saturated carbocycles. The van der Waals surface area contributed by atoms with Gasteiger partial charge in [0.1, 0.15) is 12.6 Å². The molecule has 0 bridgehead atoms. The molecule has 0 aliphatic rings. The van der Waals surface area contributed by atoms with Crippen LogP contribution in [0.25, 0.3) is 0 Å². The summed E-state index contributed by atoms with van der Waals surface area (Å²) in [5.74, 6) is -0.785. The van der Waals surface area contributed by atoms with Crippen molar-refractivity contribution in [3.63, 3.8) is 0 Å². The quantitative estimate of drug-likeness (QED) is 0.225. The predicted molar refractivity (Wildman–Crippen MR) is 166 cm³/mol. The SMILES string of the molecule is CCC(C(=O)NCC(C)C)N(Cc1ccc(Cl)cc1Cl)C(=O)CN(c1ccc(Cl)c(Cl)c1)S(=O)(=O)c1ccccc1. The summed E-state index contributed by atoms with van der Waals surface area (Å²) in [6.45, 7) is 5.44. The van der Waals surface area contributed by atoms with Crippen LogP contribution in [-0.2, 0) is 26.2 Å². The molecule has 1 N–H and O–H groups in total. The lowest BCUT2D eigenvalue weighted by Crippen LogP contribution is -2.52. The first-order valence-electron chi connectivity index (χ1n) is 12.9. The summed E-state index contributed by atoms with van der Waals surface area (Å²) in [6.07, 6.45) is 0.277. The van der Waals surface area contributed by atoms with Gasteiger partial charge in [0.2, 0.25) is 11.8 Å². The lowest BCUT2D eigenvalue weighted by molar-refractivity contribution is -0.140. The Morgan fingerprint density at radius 3 is 2.15 bits per heavy atom. The van der Waals surface area contributed by atoms with Gasteiger partial charge in [-0.3, -0.25) is 13.9 Å². The normalized spacial score (nSPS) is 12.2. The van der Waals surface area contributed by atoms with E-state index in [1.54, 1.807) is 43.3 Å². The van der Waals surface area contributed by atoms with E-state index in [-0.39, 0.29) is 45.4 Å². The molecular formula is C29H31Cl4N3O4S. The molecule has 3 rings (SSSR count). The fourth-order valence-electron chi connectivity index (χ4n) is 4.06. The monoisotopic (exact) mass is 657 g/mol. The molecule has 0 spiro atoms. The van der Waals surface area contributed by atoms with Crippen molar-refractivity contribution in [1.82, 2.24) is 10.2 Å². The molecule has 41 heavy (non-hydrogen) atoms. The summed E-state index contributed by atoms with van der Waals surface area (Å²) in [5, 5.41) is 3.95. The Hall–Kier alpha value is -2.49. The van der Waals surface area contributed by atoms with Gasteiger partial charge in [-0.1, -0.05) is 91.4 Å². The van der Waals surface area contributed by atoms with Gasteiger partial charge in [0, 0.05) is 23.1 Å². The van der Waals surface area contributed by atoms with E-state index in [1.807, 2.05) is 13.8 Å². The first kappa shape index (κ1) is 33.0. The van der Waals surface area contributed by atoms with Crippen molar-refractivity contribution in [3.8, 4) is 0 Å². The van der Waals surface area contributed by atoms with Crippen LogP contribution in [0.3, 0.4) is 0 Å². The number of nitrogens with one attached hydrogen (secondary N) is 1. The molecular weight excluding hydrogens is 628 g/mol. The number of anilines is 1. The molecule has 0 aromatic heterocycles. The van der Waals surface area contributed by atoms with Crippen molar-refractivity contribution in [2.75, 3.05) is 17.4 Å². The second-order valence-corrected chi connectivity index (χ2v) is 13.3. The lowest BCUT2D eigenvalue weighted by atomic mass is 10.1. The fourth-order valence-corrected chi connectivity index (χ4v) is 6.25. The van der Waals surface area contributed by atoms with Crippen LogP contribution in [-0.4, -0.2) is 44.3 Å². The van der Waals surface area contributed by atoms with Gasteiger partial charge < -0.3 is 10.2 Å². The van der Waals surface area contributed by atoms with Crippen molar-refractivity contribution in [1.29, 1.82) is 0 Å². The Bertz CT molecular complexity index is 1490. The highest BCUT2D eigenvalue weighted by Gasteiger charge is 2.34. The summed E-state index contributed by atoms with van der Waals surface area (Å²) >= 11 is 24.8. The second-order valence-electron chi connectivity index (χ2n) is 9.74. The Balaban J connectivity index is 2.08.